The standard InChI is InChI=1S/C13H19N3S/c1-2-4-10-6-8-16(9-10)11-5-3-7-15-12(11)13(14)17/h3,5,7,10H,2,4,6,8-9H2,1H3,(H2,14,17). The van der Waals surface area contributed by atoms with E-state index in [9.17, 15) is 0 Å². The number of hydrogen-bond acceptors (Lipinski definition) is 3. The molecule has 2 N–H and O–H groups in total. The normalized spacial score (nSPS) is 19.6. The van der Waals surface area contributed by atoms with Crippen LogP contribution in [0.3, 0.4) is 0 Å². The summed E-state index contributed by atoms with van der Waals surface area (Å²) in [7, 11) is 0. The highest BCUT2D eigenvalue weighted by atomic mass is 32.1. The van der Waals surface area contributed by atoms with Crippen molar-refractivity contribution in [2.75, 3.05) is 18.0 Å². The molecule has 1 aliphatic rings. The maximum atomic E-state index is 5.72. The second kappa shape index (κ2) is 5.45. The second-order valence-electron chi connectivity index (χ2n) is 4.62. The van der Waals surface area contributed by atoms with Crippen molar-refractivity contribution in [3.63, 3.8) is 0 Å². The number of rotatable bonds is 4. The Kier molecular flexibility index (Phi) is 3.94. The highest BCUT2D eigenvalue weighted by Crippen LogP contribution is 2.28. The van der Waals surface area contributed by atoms with E-state index in [1.807, 2.05) is 6.07 Å². The first-order valence-corrected chi connectivity index (χ1v) is 6.63. The first kappa shape index (κ1) is 12.3. The number of nitrogens with two attached hydrogens (primary N) is 1. The predicted molar refractivity (Wildman–Crippen MR) is 75.4 cm³/mol. The zero-order valence-corrected chi connectivity index (χ0v) is 11.0. The third-order valence-corrected chi connectivity index (χ3v) is 3.54. The van der Waals surface area contributed by atoms with Crippen LogP contribution in [0.4, 0.5) is 5.69 Å². The molecule has 1 atom stereocenters. The minimum absolute atomic E-state index is 0.388. The van der Waals surface area contributed by atoms with Gasteiger partial charge in [-0.3, -0.25) is 4.98 Å². The fourth-order valence-electron chi connectivity index (χ4n) is 2.54. The van der Waals surface area contributed by atoms with E-state index in [4.69, 9.17) is 18.0 Å². The minimum atomic E-state index is 0.388. The fourth-order valence-corrected chi connectivity index (χ4v) is 2.69. The van der Waals surface area contributed by atoms with E-state index in [0.29, 0.717) is 4.99 Å². The molecule has 1 aliphatic heterocycles. The van der Waals surface area contributed by atoms with Crippen LogP contribution in [0, 0.1) is 5.92 Å². The van der Waals surface area contributed by atoms with Gasteiger partial charge in [-0.25, -0.2) is 0 Å². The molecule has 1 fully saturated rings. The lowest BCUT2D eigenvalue weighted by molar-refractivity contribution is 0.530. The molecule has 0 aromatic carbocycles. The van der Waals surface area contributed by atoms with Crippen molar-refractivity contribution < 1.29 is 0 Å². The van der Waals surface area contributed by atoms with Crippen molar-refractivity contribution in [3.8, 4) is 0 Å². The van der Waals surface area contributed by atoms with E-state index >= 15 is 0 Å². The molecule has 1 unspecified atom stereocenters. The average Bonchev–Trinajstić information content (AvgIpc) is 2.78. The maximum Gasteiger partial charge on any atom is 0.124 e. The van der Waals surface area contributed by atoms with Gasteiger partial charge >= 0.3 is 0 Å². The Morgan fingerprint density at radius 1 is 1.65 bits per heavy atom. The summed E-state index contributed by atoms with van der Waals surface area (Å²) in [5, 5.41) is 0. The number of hydrogen-bond donors (Lipinski definition) is 1. The summed E-state index contributed by atoms with van der Waals surface area (Å²) in [4.78, 5) is 7.04. The van der Waals surface area contributed by atoms with E-state index in [1.165, 1.54) is 19.3 Å². The van der Waals surface area contributed by atoms with Gasteiger partial charge < -0.3 is 10.6 Å². The zero-order chi connectivity index (χ0) is 12.3. The molecular weight excluding hydrogens is 230 g/mol. The summed E-state index contributed by atoms with van der Waals surface area (Å²) < 4.78 is 0. The summed E-state index contributed by atoms with van der Waals surface area (Å²) >= 11 is 5.05. The number of aromatic nitrogens is 1. The highest BCUT2D eigenvalue weighted by molar-refractivity contribution is 7.80. The first-order chi connectivity index (χ1) is 8.22. The molecular formula is C13H19N3S. The Bertz CT molecular complexity index is 405. The zero-order valence-electron chi connectivity index (χ0n) is 10.2. The van der Waals surface area contributed by atoms with Crippen LogP contribution in [0.1, 0.15) is 31.9 Å². The topological polar surface area (TPSA) is 42.2 Å². The van der Waals surface area contributed by atoms with Gasteiger partial charge in [0.15, 0.2) is 0 Å². The average molecular weight is 249 g/mol. The number of nitrogens with zero attached hydrogens (tertiary/aromatic N) is 2. The van der Waals surface area contributed by atoms with E-state index in [2.05, 4.69) is 22.9 Å². The molecule has 3 nitrogen and oxygen atoms in total. The smallest absolute Gasteiger partial charge is 0.124 e. The predicted octanol–water partition coefficient (Wildman–Crippen LogP) is 2.34. The summed E-state index contributed by atoms with van der Waals surface area (Å²) in [6.45, 7) is 4.44. The molecule has 2 rings (SSSR count). The van der Waals surface area contributed by atoms with Crippen LogP contribution >= 0.6 is 12.2 Å². The first-order valence-electron chi connectivity index (χ1n) is 6.22. The lowest BCUT2D eigenvalue weighted by atomic mass is 10.0. The van der Waals surface area contributed by atoms with Gasteiger partial charge in [0.05, 0.1) is 5.69 Å². The Labute approximate surface area is 108 Å². The van der Waals surface area contributed by atoms with Crippen molar-refractivity contribution in [2.24, 2.45) is 11.7 Å². The van der Waals surface area contributed by atoms with Gasteiger partial charge in [-0.15, -0.1) is 0 Å². The molecule has 92 valence electrons. The van der Waals surface area contributed by atoms with Gasteiger partial charge in [0.1, 0.15) is 10.7 Å². The molecule has 1 aromatic heterocycles. The SMILES string of the molecule is CCCC1CCN(c2cccnc2C(N)=S)C1. The minimum Gasteiger partial charge on any atom is -0.388 e. The number of thiocarbonyl (C=S) groups is 1. The fraction of sp³-hybridized carbons (Fsp3) is 0.538. The van der Waals surface area contributed by atoms with E-state index in [0.717, 1.165) is 30.4 Å². The molecule has 4 heteroatoms. The molecule has 2 heterocycles. The van der Waals surface area contributed by atoms with Crippen molar-refractivity contribution in [1.29, 1.82) is 0 Å². The molecule has 0 radical (unpaired) electrons. The second-order valence-corrected chi connectivity index (χ2v) is 5.06. The van der Waals surface area contributed by atoms with E-state index < -0.39 is 0 Å². The van der Waals surface area contributed by atoms with Crippen molar-refractivity contribution in [1.82, 2.24) is 4.98 Å². The number of pyridine rings is 1. The van der Waals surface area contributed by atoms with Crippen molar-refractivity contribution in [2.45, 2.75) is 26.2 Å². The summed E-state index contributed by atoms with van der Waals surface area (Å²) in [5.41, 5.74) is 7.58. The Morgan fingerprint density at radius 3 is 3.18 bits per heavy atom. The van der Waals surface area contributed by atoms with Crippen LogP contribution in [0.2, 0.25) is 0 Å². The van der Waals surface area contributed by atoms with Crippen LogP contribution in [0.15, 0.2) is 18.3 Å². The largest absolute Gasteiger partial charge is 0.388 e. The Morgan fingerprint density at radius 2 is 2.47 bits per heavy atom. The lowest BCUT2D eigenvalue weighted by Gasteiger charge is -2.20. The maximum absolute atomic E-state index is 5.72. The molecule has 0 amide bonds. The third-order valence-electron chi connectivity index (χ3n) is 3.34. The van der Waals surface area contributed by atoms with Gasteiger partial charge in [0.25, 0.3) is 0 Å². The quantitative estimate of drug-likeness (QED) is 0.832. The summed E-state index contributed by atoms with van der Waals surface area (Å²) in [5.74, 6) is 0.805. The number of anilines is 1. The summed E-state index contributed by atoms with van der Waals surface area (Å²) in [6, 6.07) is 4.01. The molecule has 0 bridgehead atoms. The van der Waals surface area contributed by atoms with Gasteiger partial charge in [-0.1, -0.05) is 25.6 Å². The summed E-state index contributed by atoms with van der Waals surface area (Å²) in [6.07, 6.45) is 5.57. The molecule has 0 aliphatic carbocycles. The molecule has 0 saturated carbocycles. The van der Waals surface area contributed by atoms with Crippen LogP contribution in [0.25, 0.3) is 0 Å². The van der Waals surface area contributed by atoms with Gasteiger partial charge in [0.2, 0.25) is 0 Å². The molecule has 1 saturated heterocycles. The third kappa shape index (κ3) is 2.75. The van der Waals surface area contributed by atoms with Crippen LogP contribution < -0.4 is 10.6 Å². The molecule has 0 spiro atoms. The van der Waals surface area contributed by atoms with Gasteiger partial charge in [-0.2, -0.15) is 0 Å². The lowest BCUT2D eigenvalue weighted by Crippen LogP contribution is -2.24. The van der Waals surface area contributed by atoms with Gasteiger partial charge in [0, 0.05) is 19.3 Å². The Hall–Kier alpha value is -1.16. The van der Waals surface area contributed by atoms with Crippen molar-refractivity contribution >= 4 is 22.9 Å². The highest BCUT2D eigenvalue weighted by Gasteiger charge is 2.24. The monoisotopic (exact) mass is 249 g/mol. The van der Waals surface area contributed by atoms with E-state index in [-0.39, 0.29) is 0 Å². The van der Waals surface area contributed by atoms with Crippen LogP contribution in [-0.4, -0.2) is 23.1 Å². The van der Waals surface area contributed by atoms with E-state index in [1.54, 1.807) is 6.20 Å². The van der Waals surface area contributed by atoms with Gasteiger partial charge in [-0.05, 0) is 30.9 Å². The molecule has 17 heavy (non-hydrogen) atoms. The Balaban J connectivity index is 2.16. The molecule has 1 aromatic rings. The van der Waals surface area contributed by atoms with Crippen LogP contribution in [0.5, 0.6) is 0 Å². The van der Waals surface area contributed by atoms with Crippen molar-refractivity contribution in [3.05, 3.63) is 24.0 Å². The van der Waals surface area contributed by atoms with Crippen LogP contribution in [-0.2, 0) is 0 Å².